The van der Waals surface area contributed by atoms with Crippen LogP contribution in [0.4, 0.5) is 0 Å². The fourth-order valence-electron chi connectivity index (χ4n) is 3.86. The Balaban J connectivity index is 1.79. The van der Waals surface area contributed by atoms with Crippen molar-refractivity contribution in [2.24, 2.45) is 10.9 Å². The van der Waals surface area contributed by atoms with E-state index in [0.717, 1.165) is 23.1 Å². The van der Waals surface area contributed by atoms with E-state index in [9.17, 15) is 18.0 Å². The number of benzene rings is 1. The van der Waals surface area contributed by atoms with Crippen LogP contribution in [-0.2, 0) is 30.7 Å². The number of ether oxygens (including phenoxy) is 2. The lowest BCUT2D eigenvalue weighted by Crippen LogP contribution is -2.42. The lowest BCUT2D eigenvalue weighted by Gasteiger charge is -2.30. The van der Waals surface area contributed by atoms with Crippen molar-refractivity contribution in [3.05, 3.63) is 23.0 Å². The molecule has 1 atom stereocenters. The van der Waals surface area contributed by atoms with Gasteiger partial charge in [-0.3, -0.25) is 9.59 Å². The number of piperidine rings is 1. The van der Waals surface area contributed by atoms with Gasteiger partial charge >= 0.3 is 0 Å². The Bertz CT molecular complexity index is 1170. The van der Waals surface area contributed by atoms with Crippen LogP contribution >= 0.6 is 11.3 Å². The van der Waals surface area contributed by atoms with E-state index in [-0.39, 0.29) is 0 Å². The van der Waals surface area contributed by atoms with E-state index in [1.54, 1.807) is 12.0 Å². The Morgan fingerprint density at radius 1 is 1.27 bits per heavy atom. The van der Waals surface area contributed by atoms with E-state index < -0.39 is 33.2 Å². The predicted octanol–water partition coefficient (Wildman–Crippen LogP) is 1.85. The molecule has 182 valence electrons. The lowest BCUT2D eigenvalue weighted by atomic mass is 10.0. The van der Waals surface area contributed by atoms with Gasteiger partial charge in [-0.15, -0.1) is 0 Å². The normalized spacial score (nSPS) is 17.5. The molecule has 2 amide bonds. The molecule has 1 aromatic heterocycles. The molecule has 0 spiro atoms. The van der Waals surface area contributed by atoms with Crippen molar-refractivity contribution in [3.63, 3.8) is 0 Å². The Hall–Kier alpha value is -2.24. The fraction of sp³-hybridized carbons (Fsp3) is 0.591. The van der Waals surface area contributed by atoms with Gasteiger partial charge in [0.1, 0.15) is 17.3 Å². The summed E-state index contributed by atoms with van der Waals surface area (Å²) in [4.78, 5) is 31.1. The number of rotatable bonds is 9. The molecule has 1 aromatic carbocycles. The fourth-order valence-corrected chi connectivity index (χ4v) is 6.06. The third-order valence-electron chi connectivity index (χ3n) is 5.47. The number of hydrogen-bond donors (Lipinski definition) is 0. The number of carbonyl (C=O) groups excluding carboxylic acids is 2. The van der Waals surface area contributed by atoms with Crippen LogP contribution in [0.25, 0.3) is 10.2 Å². The Kier molecular flexibility index (Phi) is 8.66. The van der Waals surface area contributed by atoms with Gasteiger partial charge in [0.25, 0.3) is 5.91 Å². The van der Waals surface area contributed by atoms with E-state index in [0.29, 0.717) is 49.3 Å². The molecule has 1 unspecified atom stereocenters. The van der Waals surface area contributed by atoms with Crippen LogP contribution in [-0.4, -0.2) is 74.6 Å². The first-order valence-electron chi connectivity index (χ1n) is 11.0. The molecule has 0 aliphatic carbocycles. The summed E-state index contributed by atoms with van der Waals surface area (Å²) >= 11 is 1.27. The van der Waals surface area contributed by atoms with Gasteiger partial charge in [0, 0.05) is 26.2 Å². The van der Waals surface area contributed by atoms with Crippen molar-refractivity contribution >= 4 is 43.2 Å². The number of thiazole rings is 1. The van der Waals surface area contributed by atoms with Crippen LogP contribution in [0, 0.1) is 5.92 Å². The van der Waals surface area contributed by atoms with Gasteiger partial charge in [0.2, 0.25) is 5.91 Å². The summed E-state index contributed by atoms with van der Waals surface area (Å²) in [6.45, 7) is 6.50. The number of likely N-dealkylation sites (tertiary alicyclic amines) is 1. The molecule has 9 nitrogen and oxygen atoms in total. The van der Waals surface area contributed by atoms with Crippen molar-refractivity contribution in [3.8, 4) is 5.75 Å². The molecule has 1 saturated heterocycles. The number of nitrogens with zero attached hydrogens (tertiary/aromatic N) is 3. The first kappa shape index (κ1) is 25.4. The van der Waals surface area contributed by atoms with Crippen molar-refractivity contribution < 1.29 is 27.5 Å². The van der Waals surface area contributed by atoms with E-state index in [4.69, 9.17) is 9.47 Å². The monoisotopic (exact) mass is 497 g/mol. The second-order valence-electron chi connectivity index (χ2n) is 8.19. The van der Waals surface area contributed by atoms with Gasteiger partial charge in [-0.2, -0.15) is 4.99 Å². The highest BCUT2D eigenvalue weighted by atomic mass is 32.2. The number of hydrogen-bond acceptors (Lipinski definition) is 7. The number of amides is 2. The molecule has 2 aromatic rings. The van der Waals surface area contributed by atoms with Crippen LogP contribution in [0.1, 0.15) is 26.7 Å². The Labute approximate surface area is 197 Å². The minimum Gasteiger partial charge on any atom is -0.497 e. The minimum absolute atomic E-state index is 0.348. The Morgan fingerprint density at radius 2 is 2.06 bits per heavy atom. The maximum absolute atomic E-state index is 12.6. The molecule has 11 heteroatoms. The van der Waals surface area contributed by atoms with Gasteiger partial charge in [-0.05, 0) is 43.9 Å². The van der Waals surface area contributed by atoms with Crippen LogP contribution in [0.5, 0.6) is 5.75 Å². The molecule has 0 bridgehead atoms. The third kappa shape index (κ3) is 6.87. The average molecular weight is 498 g/mol. The standard InChI is InChI=1S/C22H31N3O6S2/c1-4-31-11-10-25-18-8-7-17(30-3)12-19(18)32-22(25)23-20(26)14-33(28,29)15-21(27)24-9-5-6-16(2)13-24/h7-8,12,16H,4-6,9-11,13-15H2,1-3H3. The first-order valence-corrected chi connectivity index (χ1v) is 13.7. The van der Waals surface area contributed by atoms with Crippen molar-refractivity contribution in [1.82, 2.24) is 9.47 Å². The quantitative estimate of drug-likeness (QED) is 0.490. The van der Waals surface area contributed by atoms with Gasteiger partial charge in [0.05, 0.1) is 23.9 Å². The zero-order valence-corrected chi connectivity index (χ0v) is 20.9. The summed E-state index contributed by atoms with van der Waals surface area (Å²) < 4.78 is 38.5. The zero-order chi connectivity index (χ0) is 24.0. The molecule has 1 fully saturated rings. The molecule has 0 radical (unpaired) electrons. The second-order valence-corrected chi connectivity index (χ2v) is 11.3. The van der Waals surface area contributed by atoms with E-state index in [1.807, 2.05) is 36.6 Å². The van der Waals surface area contributed by atoms with Crippen LogP contribution < -0.4 is 9.54 Å². The van der Waals surface area contributed by atoms with Gasteiger partial charge < -0.3 is 18.9 Å². The number of methoxy groups -OCH3 is 1. The molecular formula is C22H31N3O6S2. The molecule has 3 rings (SSSR count). The molecule has 1 aliphatic rings. The highest BCUT2D eigenvalue weighted by Gasteiger charge is 2.27. The third-order valence-corrected chi connectivity index (χ3v) is 7.88. The van der Waals surface area contributed by atoms with Crippen molar-refractivity contribution in [2.45, 2.75) is 33.2 Å². The van der Waals surface area contributed by atoms with Gasteiger partial charge in [-0.25, -0.2) is 8.42 Å². The molecule has 0 saturated carbocycles. The van der Waals surface area contributed by atoms with E-state index in [1.165, 1.54) is 11.3 Å². The second kappa shape index (κ2) is 11.3. The largest absolute Gasteiger partial charge is 0.497 e. The topological polar surface area (TPSA) is 107 Å². The molecule has 33 heavy (non-hydrogen) atoms. The van der Waals surface area contributed by atoms with E-state index >= 15 is 0 Å². The molecule has 0 N–H and O–H groups in total. The summed E-state index contributed by atoms with van der Waals surface area (Å²) in [6.07, 6.45) is 1.89. The number of sulfone groups is 1. The van der Waals surface area contributed by atoms with Crippen molar-refractivity contribution in [1.29, 1.82) is 0 Å². The maximum atomic E-state index is 12.6. The van der Waals surface area contributed by atoms with E-state index in [2.05, 4.69) is 4.99 Å². The number of fused-ring (bicyclic) bond motifs is 1. The van der Waals surface area contributed by atoms with Crippen LogP contribution in [0.15, 0.2) is 23.2 Å². The summed E-state index contributed by atoms with van der Waals surface area (Å²) in [5, 5.41) is 0. The lowest BCUT2D eigenvalue weighted by molar-refractivity contribution is -0.130. The first-order chi connectivity index (χ1) is 15.7. The number of carbonyl (C=O) groups is 2. The zero-order valence-electron chi connectivity index (χ0n) is 19.3. The summed E-state index contributed by atoms with van der Waals surface area (Å²) in [5.41, 5.74) is 0.851. The Morgan fingerprint density at radius 3 is 2.76 bits per heavy atom. The molecule has 2 heterocycles. The van der Waals surface area contributed by atoms with Gasteiger partial charge in [-0.1, -0.05) is 18.3 Å². The van der Waals surface area contributed by atoms with Crippen LogP contribution in [0.2, 0.25) is 0 Å². The summed E-state index contributed by atoms with van der Waals surface area (Å²) in [5.74, 6) is -1.69. The predicted molar refractivity (Wildman–Crippen MR) is 127 cm³/mol. The van der Waals surface area contributed by atoms with Crippen LogP contribution in [0.3, 0.4) is 0 Å². The molecular weight excluding hydrogens is 466 g/mol. The van der Waals surface area contributed by atoms with Crippen molar-refractivity contribution in [2.75, 3.05) is 44.9 Å². The maximum Gasteiger partial charge on any atom is 0.263 e. The highest BCUT2D eigenvalue weighted by molar-refractivity contribution is 7.92. The highest BCUT2D eigenvalue weighted by Crippen LogP contribution is 2.23. The van der Waals surface area contributed by atoms with Gasteiger partial charge in [0.15, 0.2) is 14.6 Å². The average Bonchev–Trinajstić information content (AvgIpc) is 3.09. The molecule has 1 aliphatic heterocycles. The summed E-state index contributed by atoms with van der Waals surface area (Å²) in [7, 11) is -2.35. The smallest absolute Gasteiger partial charge is 0.263 e. The summed E-state index contributed by atoms with van der Waals surface area (Å²) in [6, 6.07) is 5.53. The minimum atomic E-state index is -3.93. The number of aromatic nitrogens is 1. The SMILES string of the molecule is CCOCCn1c(=NC(=O)CS(=O)(=O)CC(=O)N2CCCC(C)C2)sc2cc(OC)ccc21.